The van der Waals surface area contributed by atoms with Crippen molar-refractivity contribution in [1.82, 2.24) is 0 Å². The number of benzene rings is 1. The molecule has 0 amide bonds. The van der Waals surface area contributed by atoms with Gasteiger partial charge in [0.25, 0.3) is 0 Å². The second kappa shape index (κ2) is 5.43. The monoisotopic (exact) mass is 269 g/mol. The zero-order chi connectivity index (χ0) is 13.2. The molecule has 5 heteroatoms. The standard InChI is InChI=1S/C13H20NO3P/c1-4-16-18(15,17-5-2)13-10-14(13)12-8-6-11(3)7-9-12/h6-9,13H,4-5,10H2,1-3H3. The van der Waals surface area contributed by atoms with Crippen molar-refractivity contribution >= 4 is 13.3 Å². The van der Waals surface area contributed by atoms with Gasteiger partial charge in [0.05, 0.1) is 19.8 Å². The average molecular weight is 269 g/mol. The van der Waals surface area contributed by atoms with E-state index in [0.29, 0.717) is 13.2 Å². The molecule has 0 bridgehead atoms. The van der Waals surface area contributed by atoms with Gasteiger partial charge in [-0.3, -0.25) is 4.57 Å². The smallest absolute Gasteiger partial charge is 0.353 e. The molecule has 100 valence electrons. The molecule has 0 spiro atoms. The van der Waals surface area contributed by atoms with Crippen LogP contribution in [0.1, 0.15) is 19.4 Å². The normalized spacial score (nSPS) is 19.1. The van der Waals surface area contributed by atoms with E-state index in [2.05, 4.69) is 24.0 Å². The fraction of sp³-hybridized carbons (Fsp3) is 0.538. The van der Waals surface area contributed by atoms with Gasteiger partial charge in [-0.1, -0.05) is 17.7 Å². The summed E-state index contributed by atoms with van der Waals surface area (Å²) in [6.07, 6.45) is 0. The quantitative estimate of drug-likeness (QED) is 0.586. The lowest BCUT2D eigenvalue weighted by Crippen LogP contribution is -2.06. The molecule has 1 fully saturated rings. The summed E-state index contributed by atoms with van der Waals surface area (Å²) < 4.78 is 23.3. The van der Waals surface area contributed by atoms with Gasteiger partial charge < -0.3 is 13.9 Å². The van der Waals surface area contributed by atoms with Crippen LogP contribution in [0, 0.1) is 6.92 Å². The Kier molecular flexibility index (Phi) is 4.10. The largest absolute Gasteiger partial charge is 0.354 e. The predicted molar refractivity (Wildman–Crippen MR) is 73.2 cm³/mol. The van der Waals surface area contributed by atoms with Crippen molar-refractivity contribution in [2.24, 2.45) is 0 Å². The van der Waals surface area contributed by atoms with Crippen LogP contribution in [0.4, 0.5) is 5.69 Å². The third-order valence-corrected chi connectivity index (χ3v) is 5.34. The van der Waals surface area contributed by atoms with Crippen LogP contribution in [0.2, 0.25) is 0 Å². The molecular formula is C13H20NO3P. The maximum Gasteiger partial charge on any atom is 0.354 e. The van der Waals surface area contributed by atoms with Gasteiger partial charge in [-0.15, -0.1) is 0 Å². The molecule has 1 saturated heterocycles. The summed E-state index contributed by atoms with van der Waals surface area (Å²) in [7, 11) is -2.99. The number of hydrogen-bond donors (Lipinski definition) is 0. The minimum Gasteiger partial charge on any atom is -0.353 e. The van der Waals surface area contributed by atoms with Crippen molar-refractivity contribution in [3.8, 4) is 0 Å². The maximum absolute atomic E-state index is 12.5. The second-order valence-electron chi connectivity index (χ2n) is 4.34. The molecule has 1 heterocycles. The maximum atomic E-state index is 12.5. The Balaban J connectivity index is 2.08. The van der Waals surface area contributed by atoms with Crippen LogP contribution in [0.5, 0.6) is 0 Å². The highest BCUT2D eigenvalue weighted by Gasteiger charge is 2.51. The molecule has 0 aliphatic carbocycles. The zero-order valence-electron chi connectivity index (χ0n) is 11.1. The van der Waals surface area contributed by atoms with E-state index >= 15 is 0 Å². The van der Waals surface area contributed by atoms with Crippen LogP contribution in [-0.2, 0) is 13.6 Å². The summed E-state index contributed by atoms with van der Waals surface area (Å²) in [6.45, 7) is 7.29. The highest BCUT2D eigenvalue weighted by atomic mass is 31.2. The van der Waals surface area contributed by atoms with Gasteiger partial charge in [0, 0.05) is 5.69 Å². The Hall–Kier alpha value is -0.830. The number of anilines is 1. The zero-order valence-corrected chi connectivity index (χ0v) is 12.0. The topological polar surface area (TPSA) is 38.5 Å². The highest BCUT2D eigenvalue weighted by Crippen LogP contribution is 2.60. The molecule has 1 aliphatic heterocycles. The van der Waals surface area contributed by atoms with Crippen molar-refractivity contribution in [2.75, 3.05) is 24.7 Å². The molecule has 1 atom stereocenters. The van der Waals surface area contributed by atoms with Crippen LogP contribution in [0.25, 0.3) is 0 Å². The van der Waals surface area contributed by atoms with Gasteiger partial charge in [-0.2, -0.15) is 0 Å². The van der Waals surface area contributed by atoms with Gasteiger partial charge in [-0.25, -0.2) is 0 Å². The second-order valence-corrected chi connectivity index (χ2v) is 6.54. The Morgan fingerprint density at radius 2 is 1.78 bits per heavy atom. The van der Waals surface area contributed by atoms with Crippen LogP contribution in [0.15, 0.2) is 24.3 Å². The van der Waals surface area contributed by atoms with Crippen molar-refractivity contribution in [3.63, 3.8) is 0 Å². The lowest BCUT2D eigenvalue weighted by atomic mass is 10.2. The molecule has 1 aromatic rings. The minimum atomic E-state index is -2.99. The van der Waals surface area contributed by atoms with Crippen LogP contribution in [-0.4, -0.2) is 25.5 Å². The van der Waals surface area contributed by atoms with Crippen molar-refractivity contribution in [1.29, 1.82) is 0 Å². The molecule has 0 saturated carbocycles. The van der Waals surface area contributed by atoms with Crippen molar-refractivity contribution in [3.05, 3.63) is 29.8 Å². The summed E-state index contributed by atoms with van der Waals surface area (Å²) in [5, 5.41) is 0. The first-order chi connectivity index (χ1) is 8.60. The fourth-order valence-electron chi connectivity index (χ4n) is 1.98. The predicted octanol–water partition coefficient (Wildman–Crippen LogP) is 3.41. The van der Waals surface area contributed by atoms with Crippen molar-refractivity contribution < 1.29 is 13.6 Å². The van der Waals surface area contributed by atoms with Crippen LogP contribution in [0.3, 0.4) is 0 Å². The summed E-state index contributed by atoms with van der Waals surface area (Å²) in [6, 6.07) is 8.18. The van der Waals surface area contributed by atoms with Crippen molar-refractivity contribution in [2.45, 2.75) is 26.6 Å². The Morgan fingerprint density at radius 1 is 1.22 bits per heavy atom. The number of rotatable bonds is 6. The molecule has 0 aromatic heterocycles. The molecule has 1 aromatic carbocycles. The van der Waals surface area contributed by atoms with Gasteiger partial charge >= 0.3 is 7.60 Å². The summed E-state index contributed by atoms with van der Waals surface area (Å²) in [5.41, 5.74) is 2.29. The number of aryl methyl sites for hydroxylation is 1. The van der Waals surface area contributed by atoms with E-state index in [4.69, 9.17) is 9.05 Å². The first kappa shape index (κ1) is 13.6. The first-order valence-electron chi connectivity index (χ1n) is 6.33. The van der Waals surface area contributed by atoms with Gasteiger partial charge in [0.1, 0.15) is 5.78 Å². The molecule has 2 rings (SSSR count). The lowest BCUT2D eigenvalue weighted by molar-refractivity contribution is 0.219. The van der Waals surface area contributed by atoms with E-state index < -0.39 is 7.60 Å². The third-order valence-electron chi connectivity index (χ3n) is 2.93. The Morgan fingerprint density at radius 3 is 2.28 bits per heavy atom. The van der Waals surface area contributed by atoms with E-state index in [1.807, 2.05) is 26.0 Å². The number of hydrogen-bond acceptors (Lipinski definition) is 4. The van der Waals surface area contributed by atoms with E-state index in [0.717, 1.165) is 12.2 Å². The fourth-order valence-corrected chi connectivity index (χ4v) is 3.97. The minimum absolute atomic E-state index is 0.125. The van der Waals surface area contributed by atoms with E-state index in [1.54, 1.807) is 0 Å². The first-order valence-corrected chi connectivity index (χ1v) is 7.94. The molecule has 4 nitrogen and oxygen atoms in total. The van der Waals surface area contributed by atoms with E-state index in [9.17, 15) is 4.57 Å². The Labute approximate surface area is 108 Å². The third kappa shape index (κ3) is 2.77. The molecule has 1 unspecified atom stereocenters. The molecule has 0 N–H and O–H groups in total. The molecule has 18 heavy (non-hydrogen) atoms. The van der Waals surface area contributed by atoms with Crippen LogP contribution < -0.4 is 4.90 Å². The highest BCUT2D eigenvalue weighted by molar-refractivity contribution is 7.55. The summed E-state index contributed by atoms with van der Waals surface area (Å²) in [4.78, 5) is 2.06. The van der Waals surface area contributed by atoms with Gasteiger partial charge in [0.15, 0.2) is 0 Å². The van der Waals surface area contributed by atoms with Crippen LogP contribution >= 0.6 is 7.60 Å². The van der Waals surface area contributed by atoms with E-state index in [-0.39, 0.29) is 5.78 Å². The average Bonchev–Trinajstić information content (AvgIpc) is 3.11. The summed E-state index contributed by atoms with van der Waals surface area (Å²) >= 11 is 0. The molecule has 0 radical (unpaired) electrons. The molecular weight excluding hydrogens is 249 g/mol. The summed E-state index contributed by atoms with van der Waals surface area (Å²) in [5.74, 6) is -0.125. The SMILES string of the molecule is CCOP(=O)(OCC)C1CN1c1ccc(C)cc1. The van der Waals surface area contributed by atoms with Gasteiger partial charge in [-0.05, 0) is 32.9 Å². The number of nitrogens with zero attached hydrogens (tertiary/aromatic N) is 1. The molecule has 1 aliphatic rings. The van der Waals surface area contributed by atoms with Gasteiger partial charge in [0.2, 0.25) is 0 Å². The Bertz CT molecular complexity index is 436. The lowest BCUT2D eigenvalue weighted by Gasteiger charge is -2.17. The van der Waals surface area contributed by atoms with E-state index in [1.165, 1.54) is 5.56 Å².